The van der Waals surface area contributed by atoms with Gasteiger partial charge in [0.05, 0.1) is 19.0 Å². The van der Waals surface area contributed by atoms with Crippen LogP contribution in [0.2, 0.25) is 0 Å². The summed E-state index contributed by atoms with van der Waals surface area (Å²) >= 11 is 0. The van der Waals surface area contributed by atoms with E-state index in [1.807, 2.05) is 66.2 Å². The van der Waals surface area contributed by atoms with Gasteiger partial charge in [-0.3, -0.25) is 4.79 Å². The van der Waals surface area contributed by atoms with Crippen molar-refractivity contribution in [3.63, 3.8) is 0 Å². The van der Waals surface area contributed by atoms with Crippen molar-refractivity contribution >= 4 is 12.1 Å². The van der Waals surface area contributed by atoms with Crippen molar-refractivity contribution < 1.29 is 14.3 Å². The zero-order valence-corrected chi connectivity index (χ0v) is 16.9. The lowest BCUT2D eigenvalue weighted by Gasteiger charge is -2.08. The number of hydrogen-bond acceptors (Lipinski definition) is 4. The van der Waals surface area contributed by atoms with Crippen LogP contribution in [0.15, 0.2) is 65.9 Å². The summed E-state index contributed by atoms with van der Waals surface area (Å²) in [4.78, 5) is 12.0. The fourth-order valence-electron chi connectivity index (χ4n) is 2.94. The van der Waals surface area contributed by atoms with E-state index in [-0.39, 0.29) is 12.5 Å². The van der Waals surface area contributed by atoms with Gasteiger partial charge >= 0.3 is 0 Å². The first-order valence-corrected chi connectivity index (χ1v) is 9.46. The van der Waals surface area contributed by atoms with Gasteiger partial charge < -0.3 is 14.0 Å². The molecule has 1 aromatic heterocycles. The lowest BCUT2D eigenvalue weighted by molar-refractivity contribution is -0.123. The zero-order chi connectivity index (χ0) is 20.6. The van der Waals surface area contributed by atoms with Gasteiger partial charge in [-0.2, -0.15) is 5.10 Å². The van der Waals surface area contributed by atoms with E-state index in [0.717, 1.165) is 29.1 Å². The molecule has 29 heavy (non-hydrogen) atoms. The first kappa shape index (κ1) is 20.2. The number of hydrazone groups is 1. The average molecular weight is 391 g/mol. The minimum atomic E-state index is -0.316. The molecule has 3 rings (SSSR count). The Morgan fingerprint density at radius 1 is 1.14 bits per heavy atom. The maximum atomic E-state index is 12.0. The van der Waals surface area contributed by atoms with Crippen LogP contribution in [0.5, 0.6) is 11.5 Å². The Kier molecular flexibility index (Phi) is 6.68. The quantitative estimate of drug-likeness (QED) is 0.468. The number of aromatic nitrogens is 1. The van der Waals surface area contributed by atoms with Crippen molar-refractivity contribution in [3.05, 3.63) is 77.6 Å². The van der Waals surface area contributed by atoms with Crippen LogP contribution >= 0.6 is 0 Å². The summed E-state index contributed by atoms with van der Waals surface area (Å²) in [5.74, 6) is 1.17. The molecule has 0 saturated heterocycles. The monoisotopic (exact) mass is 391 g/mol. The van der Waals surface area contributed by atoms with E-state index < -0.39 is 0 Å². The lowest BCUT2D eigenvalue weighted by atomic mass is 10.1. The molecule has 0 bridgehead atoms. The van der Waals surface area contributed by atoms with Crippen LogP contribution in [0, 0.1) is 6.92 Å². The van der Waals surface area contributed by atoms with Gasteiger partial charge in [0.1, 0.15) is 11.5 Å². The van der Waals surface area contributed by atoms with E-state index in [4.69, 9.17) is 9.47 Å². The Labute approximate surface area is 170 Å². The molecule has 0 atom stereocenters. The fraction of sp³-hybridized carbons (Fsp3) is 0.217. The maximum Gasteiger partial charge on any atom is 0.277 e. The Morgan fingerprint density at radius 2 is 1.93 bits per heavy atom. The molecule has 0 aliphatic rings. The number of carbonyl (C=O) groups excluding carboxylic acids is 1. The zero-order valence-electron chi connectivity index (χ0n) is 16.9. The number of nitrogens with one attached hydrogen (secondary N) is 1. The Hall–Kier alpha value is -3.54. The van der Waals surface area contributed by atoms with Gasteiger partial charge in [-0.05, 0) is 73.0 Å². The van der Waals surface area contributed by atoms with Crippen LogP contribution in [-0.4, -0.2) is 30.4 Å². The van der Waals surface area contributed by atoms with Gasteiger partial charge in [-0.25, -0.2) is 5.43 Å². The van der Waals surface area contributed by atoms with Gasteiger partial charge in [0.2, 0.25) is 0 Å². The van der Waals surface area contributed by atoms with Crippen molar-refractivity contribution in [2.45, 2.75) is 20.3 Å². The van der Waals surface area contributed by atoms with Crippen LogP contribution in [0.3, 0.4) is 0 Å². The summed E-state index contributed by atoms with van der Waals surface area (Å²) in [6.45, 7) is 4.00. The van der Waals surface area contributed by atoms with Crippen LogP contribution in [0.1, 0.15) is 23.7 Å². The highest BCUT2D eigenvalue weighted by molar-refractivity contribution is 5.82. The molecule has 0 radical (unpaired) electrons. The standard InChI is InChI=1S/C23H25N3O3/c1-4-18-12-17(2)13-22(14-18)29-16-23(27)25-24-15-20-6-5-11-26(20)19-7-9-21(28-3)10-8-19/h5-15H,4,16H2,1-3H3,(H,25,27)/b24-15+. The van der Waals surface area contributed by atoms with Crippen molar-refractivity contribution in [1.29, 1.82) is 0 Å². The summed E-state index contributed by atoms with van der Waals surface area (Å²) in [6.07, 6.45) is 4.45. The molecule has 0 spiro atoms. The number of carbonyl (C=O) groups is 1. The summed E-state index contributed by atoms with van der Waals surface area (Å²) in [7, 11) is 1.64. The molecule has 2 aromatic carbocycles. The Bertz CT molecular complexity index is 991. The smallest absolute Gasteiger partial charge is 0.277 e. The number of benzene rings is 2. The number of amides is 1. The van der Waals surface area contributed by atoms with Crippen LogP contribution < -0.4 is 14.9 Å². The normalized spacial score (nSPS) is 10.9. The molecule has 0 saturated carbocycles. The third kappa shape index (κ3) is 5.48. The number of hydrogen-bond donors (Lipinski definition) is 1. The van der Waals surface area contributed by atoms with Crippen LogP contribution in [0.4, 0.5) is 0 Å². The highest BCUT2D eigenvalue weighted by Gasteiger charge is 2.05. The van der Waals surface area contributed by atoms with Crippen LogP contribution in [0.25, 0.3) is 5.69 Å². The number of nitrogens with zero attached hydrogens (tertiary/aromatic N) is 2. The maximum absolute atomic E-state index is 12.0. The van der Waals surface area contributed by atoms with Gasteiger partial charge in [-0.1, -0.05) is 13.0 Å². The highest BCUT2D eigenvalue weighted by Crippen LogP contribution is 2.18. The molecule has 150 valence electrons. The molecule has 1 amide bonds. The average Bonchev–Trinajstić information content (AvgIpc) is 3.20. The van der Waals surface area contributed by atoms with Gasteiger partial charge in [0.15, 0.2) is 6.61 Å². The first-order chi connectivity index (χ1) is 14.1. The molecule has 1 N–H and O–H groups in total. The predicted molar refractivity (Wildman–Crippen MR) is 114 cm³/mol. The minimum Gasteiger partial charge on any atom is -0.497 e. The molecule has 3 aromatic rings. The molecular weight excluding hydrogens is 366 g/mol. The third-order valence-electron chi connectivity index (χ3n) is 4.41. The lowest BCUT2D eigenvalue weighted by Crippen LogP contribution is -2.24. The number of methoxy groups -OCH3 is 1. The summed E-state index contributed by atoms with van der Waals surface area (Å²) in [6, 6.07) is 17.5. The molecular formula is C23H25N3O3. The van der Waals surface area contributed by atoms with E-state index in [2.05, 4.69) is 23.5 Å². The third-order valence-corrected chi connectivity index (χ3v) is 4.41. The van der Waals surface area contributed by atoms with Crippen molar-refractivity contribution in [2.24, 2.45) is 5.10 Å². The highest BCUT2D eigenvalue weighted by atomic mass is 16.5. The topological polar surface area (TPSA) is 64.8 Å². The first-order valence-electron chi connectivity index (χ1n) is 9.46. The molecule has 0 aliphatic heterocycles. The van der Waals surface area contributed by atoms with Crippen molar-refractivity contribution in [3.8, 4) is 17.2 Å². The molecule has 6 heteroatoms. The van der Waals surface area contributed by atoms with Crippen molar-refractivity contribution in [2.75, 3.05) is 13.7 Å². The second-order valence-electron chi connectivity index (χ2n) is 6.59. The van der Waals surface area contributed by atoms with Crippen molar-refractivity contribution in [1.82, 2.24) is 9.99 Å². The number of rotatable bonds is 8. The summed E-state index contributed by atoms with van der Waals surface area (Å²) in [5.41, 5.74) is 6.60. The number of ether oxygens (including phenoxy) is 2. The Balaban J connectivity index is 1.57. The Morgan fingerprint density at radius 3 is 2.66 bits per heavy atom. The van der Waals surface area contributed by atoms with E-state index in [1.54, 1.807) is 13.3 Å². The second kappa shape index (κ2) is 9.59. The van der Waals surface area contributed by atoms with Crippen LogP contribution in [-0.2, 0) is 11.2 Å². The predicted octanol–water partition coefficient (Wildman–Crippen LogP) is 3.89. The van der Waals surface area contributed by atoms with E-state index >= 15 is 0 Å². The molecule has 0 unspecified atom stereocenters. The van der Waals surface area contributed by atoms with Gasteiger partial charge in [0, 0.05) is 11.9 Å². The van der Waals surface area contributed by atoms with Gasteiger partial charge in [-0.15, -0.1) is 0 Å². The molecule has 6 nitrogen and oxygen atoms in total. The van der Waals surface area contributed by atoms with E-state index in [0.29, 0.717) is 5.75 Å². The van der Waals surface area contributed by atoms with E-state index in [1.165, 1.54) is 5.56 Å². The fourth-order valence-corrected chi connectivity index (χ4v) is 2.94. The summed E-state index contributed by atoms with van der Waals surface area (Å²) < 4.78 is 12.7. The largest absolute Gasteiger partial charge is 0.497 e. The van der Waals surface area contributed by atoms with Gasteiger partial charge in [0.25, 0.3) is 5.91 Å². The molecule has 0 fully saturated rings. The van der Waals surface area contributed by atoms with E-state index in [9.17, 15) is 4.79 Å². The molecule has 0 aliphatic carbocycles. The molecule has 1 heterocycles. The second-order valence-corrected chi connectivity index (χ2v) is 6.59. The SMILES string of the molecule is CCc1cc(C)cc(OCC(=O)N/N=C/c2cccn2-c2ccc(OC)cc2)c1. The minimum absolute atomic E-state index is 0.0938. The summed E-state index contributed by atoms with van der Waals surface area (Å²) in [5, 5.41) is 4.05. The number of aryl methyl sites for hydroxylation is 2.